The predicted octanol–water partition coefficient (Wildman–Crippen LogP) is 7.17. The number of rotatable bonds is 11. The first-order chi connectivity index (χ1) is 18.0. The number of benzene rings is 4. The molecule has 0 unspecified atom stereocenters. The molecule has 37 heavy (non-hydrogen) atoms. The topological polar surface area (TPSA) is 50.8 Å². The van der Waals surface area contributed by atoms with Gasteiger partial charge < -0.3 is 19.7 Å². The highest BCUT2D eigenvalue weighted by Crippen LogP contribution is 2.29. The van der Waals surface area contributed by atoms with Crippen molar-refractivity contribution in [1.82, 2.24) is 4.90 Å². The second kappa shape index (κ2) is 12.9. The van der Waals surface area contributed by atoms with Crippen LogP contribution in [0.2, 0.25) is 5.02 Å². The maximum Gasteiger partial charge on any atom is 0.255 e. The summed E-state index contributed by atoms with van der Waals surface area (Å²) < 4.78 is 11.7. The molecule has 0 aliphatic rings. The van der Waals surface area contributed by atoms with E-state index in [9.17, 15) is 4.79 Å². The van der Waals surface area contributed by atoms with Crippen LogP contribution in [0, 0.1) is 0 Å². The lowest BCUT2D eigenvalue weighted by atomic mass is 10.0. The maximum atomic E-state index is 13.0. The molecule has 0 aliphatic heterocycles. The van der Waals surface area contributed by atoms with Gasteiger partial charge in [0.15, 0.2) is 0 Å². The molecule has 0 fully saturated rings. The molecule has 0 saturated carbocycles. The lowest BCUT2D eigenvalue weighted by molar-refractivity contribution is 0.102. The van der Waals surface area contributed by atoms with Crippen LogP contribution < -0.4 is 14.8 Å². The quantitative estimate of drug-likeness (QED) is 0.216. The molecule has 0 radical (unpaired) electrons. The molecule has 4 rings (SSSR count). The molecule has 0 spiro atoms. The summed E-state index contributed by atoms with van der Waals surface area (Å²) >= 11 is 6.39. The first kappa shape index (κ1) is 26.3. The van der Waals surface area contributed by atoms with Gasteiger partial charge in [0, 0.05) is 17.8 Å². The standard InChI is InChI=1S/C31H31ClN2O3/c1-34(2)17-8-18-36-30-16-15-27(21-29(30)32)33-31(35)26-13-6-11-24(19-26)25-12-7-14-28(20-25)37-22-23-9-4-3-5-10-23/h3-7,9-16,19-21H,8,17-18,22H2,1-2H3,(H,33,35). The van der Waals surface area contributed by atoms with Crippen LogP contribution >= 0.6 is 11.6 Å². The third kappa shape index (κ3) is 7.84. The number of hydrogen-bond donors (Lipinski definition) is 1. The van der Waals surface area contributed by atoms with E-state index in [0.717, 1.165) is 35.4 Å². The molecule has 0 bridgehead atoms. The molecule has 4 aromatic carbocycles. The van der Waals surface area contributed by atoms with E-state index in [0.29, 0.717) is 35.2 Å². The normalized spacial score (nSPS) is 10.8. The number of amides is 1. The summed E-state index contributed by atoms with van der Waals surface area (Å²) in [5, 5.41) is 3.39. The van der Waals surface area contributed by atoms with E-state index in [4.69, 9.17) is 21.1 Å². The minimum atomic E-state index is -0.214. The van der Waals surface area contributed by atoms with E-state index < -0.39 is 0 Å². The van der Waals surface area contributed by atoms with Gasteiger partial charge in [-0.1, -0.05) is 66.2 Å². The minimum Gasteiger partial charge on any atom is -0.492 e. The number of nitrogens with one attached hydrogen (secondary N) is 1. The van der Waals surface area contributed by atoms with Crippen molar-refractivity contribution in [3.05, 3.63) is 113 Å². The van der Waals surface area contributed by atoms with Crippen LogP contribution in [0.15, 0.2) is 97.1 Å². The van der Waals surface area contributed by atoms with E-state index in [1.807, 2.05) is 86.9 Å². The number of anilines is 1. The molecular weight excluding hydrogens is 484 g/mol. The van der Waals surface area contributed by atoms with Gasteiger partial charge in [-0.05, 0) is 79.7 Å². The van der Waals surface area contributed by atoms with Crippen LogP contribution in [-0.4, -0.2) is 38.1 Å². The minimum absolute atomic E-state index is 0.214. The fraction of sp³-hybridized carbons (Fsp3) is 0.194. The predicted molar refractivity (Wildman–Crippen MR) is 151 cm³/mol. The van der Waals surface area contributed by atoms with Gasteiger partial charge in [-0.2, -0.15) is 0 Å². The lowest BCUT2D eigenvalue weighted by Crippen LogP contribution is -2.15. The second-order valence-electron chi connectivity index (χ2n) is 8.99. The zero-order chi connectivity index (χ0) is 26.0. The Morgan fingerprint density at radius 1 is 0.838 bits per heavy atom. The van der Waals surface area contributed by atoms with Gasteiger partial charge in [-0.25, -0.2) is 0 Å². The van der Waals surface area contributed by atoms with Gasteiger partial charge in [0.25, 0.3) is 5.91 Å². The second-order valence-corrected chi connectivity index (χ2v) is 9.39. The molecule has 0 aromatic heterocycles. The SMILES string of the molecule is CN(C)CCCOc1ccc(NC(=O)c2cccc(-c3cccc(OCc4ccccc4)c3)c2)cc1Cl. The smallest absolute Gasteiger partial charge is 0.255 e. The van der Waals surface area contributed by atoms with Crippen molar-refractivity contribution in [1.29, 1.82) is 0 Å². The van der Waals surface area contributed by atoms with Crippen molar-refractivity contribution in [2.45, 2.75) is 13.0 Å². The van der Waals surface area contributed by atoms with Crippen molar-refractivity contribution in [2.75, 3.05) is 32.6 Å². The number of halogens is 1. The average Bonchev–Trinajstić information content (AvgIpc) is 2.91. The molecular formula is C31H31ClN2O3. The Bertz CT molecular complexity index is 1330. The van der Waals surface area contributed by atoms with Crippen molar-refractivity contribution in [2.24, 2.45) is 0 Å². The number of carbonyl (C=O) groups is 1. The van der Waals surface area contributed by atoms with E-state index in [-0.39, 0.29) is 5.91 Å². The summed E-state index contributed by atoms with van der Waals surface area (Å²) in [6.45, 7) is 2.01. The summed E-state index contributed by atoms with van der Waals surface area (Å²) in [7, 11) is 4.05. The lowest BCUT2D eigenvalue weighted by Gasteiger charge is -2.13. The molecule has 0 saturated heterocycles. The Labute approximate surface area is 223 Å². The average molecular weight is 515 g/mol. The van der Waals surface area contributed by atoms with Crippen LogP contribution in [-0.2, 0) is 6.61 Å². The number of nitrogens with zero attached hydrogens (tertiary/aromatic N) is 1. The van der Waals surface area contributed by atoms with Crippen molar-refractivity contribution >= 4 is 23.2 Å². The highest BCUT2D eigenvalue weighted by atomic mass is 35.5. The number of carbonyl (C=O) groups excluding carboxylic acids is 1. The summed E-state index contributed by atoms with van der Waals surface area (Å²) in [4.78, 5) is 15.1. The molecule has 4 aromatic rings. The van der Waals surface area contributed by atoms with Crippen LogP contribution in [0.4, 0.5) is 5.69 Å². The first-order valence-corrected chi connectivity index (χ1v) is 12.6. The Kier molecular flexibility index (Phi) is 9.19. The van der Waals surface area contributed by atoms with E-state index in [1.54, 1.807) is 24.3 Å². The fourth-order valence-corrected chi connectivity index (χ4v) is 4.04. The van der Waals surface area contributed by atoms with Crippen LogP contribution in [0.3, 0.4) is 0 Å². The number of hydrogen-bond acceptors (Lipinski definition) is 4. The van der Waals surface area contributed by atoms with Gasteiger partial charge in [-0.15, -0.1) is 0 Å². The molecule has 1 N–H and O–H groups in total. The molecule has 0 atom stereocenters. The molecule has 0 heterocycles. The zero-order valence-electron chi connectivity index (χ0n) is 21.1. The highest BCUT2D eigenvalue weighted by molar-refractivity contribution is 6.32. The zero-order valence-corrected chi connectivity index (χ0v) is 21.9. The van der Waals surface area contributed by atoms with Crippen molar-refractivity contribution < 1.29 is 14.3 Å². The Morgan fingerprint density at radius 3 is 2.35 bits per heavy atom. The molecule has 1 amide bonds. The summed E-state index contributed by atoms with van der Waals surface area (Å²) in [6.07, 6.45) is 0.903. The van der Waals surface area contributed by atoms with Crippen molar-refractivity contribution in [3.8, 4) is 22.6 Å². The molecule has 6 heteroatoms. The third-order valence-electron chi connectivity index (χ3n) is 5.74. The Balaban J connectivity index is 1.39. The third-order valence-corrected chi connectivity index (χ3v) is 6.03. The van der Waals surface area contributed by atoms with E-state index >= 15 is 0 Å². The Morgan fingerprint density at radius 2 is 1.59 bits per heavy atom. The maximum absolute atomic E-state index is 13.0. The first-order valence-electron chi connectivity index (χ1n) is 12.2. The highest BCUT2D eigenvalue weighted by Gasteiger charge is 2.11. The van der Waals surface area contributed by atoms with Crippen LogP contribution in [0.25, 0.3) is 11.1 Å². The Hall–Kier alpha value is -3.80. The summed E-state index contributed by atoms with van der Waals surface area (Å²) in [5.41, 5.74) is 4.16. The fourth-order valence-electron chi connectivity index (χ4n) is 3.81. The van der Waals surface area contributed by atoms with Crippen LogP contribution in [0.5, 0.6) is 11.5 Å². The van der Waals surface area contributed by atoms with Crippen LogP contribution in [0.1, 0.15) is 22.3 Å². The van der Waals surface area contributed by atoms with E-state index in [1.165, 1.54) is 0 Å². The van der Waals surface area contributed by atoms with Gasteiger partial charge in [-0.3, -0.25) is 4.79 Å². The van der Waals surface area contributed by atoms with Gasteiger partial charge >= 0.3 is 0 Å². The summed E-state index contributed by atoms with van der Waals surface area (Å²) in [5.74, 6) is 1.17. The number of ether oxygens (including phenoxy) is 2. The largest absolute Gasteiger partial charge is 0.492 e. The monoisotopic (exact) mass is 514 g/mol. The molecule has 190 valence electrons. The van der Waals surface area contributed by atoms with E-state index in [2.05, 4.69) is 10.2 Å². The van der Waals surface area contributed by atoms with Gasteiger partial charge in [0.1, 0.15) is 18.1 Å². The van der Waals surface area contributed by atoms with Gasteiger partial charge in [0.2, 0.25) is 0 Å². The van der Waals surface area contributed by atoms with Crippen molar-refractivity contribution in [3.63, 3.8) is 0 Å². The van der Waals surface area contributed by atoms with Gasteiger partial charge in [0.05, 0.1) is 11.6 Å². The molecule has 5 nitrogen and oxygen atoms in total. The molecule has 0 aliphatic carbocycles. The summed E-state index contributed by atoms with van der Waals surface area (Å²) in [6, 6.07) is 30.7.